The summed E-state index contributed by atoms with van der Waals surface area (Å²) in [5, 5.41) is 41.1. The van der Waals surface area contributed by atoms with Crippen molar-refractivity contribution in [2.45, 2.75) is 114 Å². The highest BCUT2D eigenvalue weighted by atomic mass is 16.3. The van der Waals surface area contributed by atoms with Crippen molar-refractivity contribution in [1.29, 1.82) is 0 Å². The number of anilines is 4. The van der Waals surface area contributed by atoms with Crippen molar-refractivity contribution >= 4 is 22.7 Å². The van der Waals surface area contributed by atoms with Gasteiger partial charge in [-0.2, -0.15) is 0 Å². The zero-order valence-electron chi connectivity index (χ0n) is 30.5. The molecule has 0 bridgehead atoms. The molecule has 4 aromatic rings. The van der Waals surface area contributed by atoms with Crippen LogP contribution in [0.4, 0.5) is 22.7 Å². The van der Waals surface area contributed by atoms with Crippen molar-refractivity contribution in [3.63, 3.8) is 0 Å². The summed E-state index contributed by atoms with van der Waals surface area (Å²) in [7, 11) is 0. The van der Waals surface area contributed by atoms with Crippen LogP contribution < -0.4 is 22.9 Å². The molecule has 2 spiro atoms. The summed E-state index contributed by atoms with van der Waals surface area (Å²) in [6.07, 6.45) is 3.60. The largest absolute Gasteiger partial charge is 0.506 e. The summed E-state index contributed by atoms with van der Waals surface area (Å²) in [6, 6.07) is 14.9. The van der Waals surface area contributed by atoms with Gasteiger partial charge < -0.3 is 43.4 Å². The summed E-state index contributed by atoms with van der Waals surface area (Å²) < 4.78 is 0. The summed E-state index contributed by atoms with van der Waals surface area (Å²) in [5.74, 6) is 0.492. The molecule has 0 saturated carbocycles. The van der Waals surface area contributed by atoms with Gasteiger partial charge in [-0.15, -0.1) is 0 Å². The van der Waals surface area contributed by atoms with E-state index >= 15 is 0 Å². The smallest absolute Gasteiger partial charge is 0.138 e. The van der Waals surface area contributed by atoms with Crippen LogP contribution in [0, 0.1) is 0 Å². The Labute approximate surface area is 295 Å². The number of phenolic OH excluding ortho intramolecular Hbond substituents is 4. The van der Waals surface area contributed by atoms with E-state index in [1.54, 1.807) is 6.07 Å². The van der Waals surface area contributed by atoms with E-state index in [1.807, 2.05) is 42.5 Å². The Morgan fingerprint density at radius 3 is 1.10 bits per heavy atom. The number of fused-ring (bicyclic) bond motifs is 8. The minimum atomic E-state index is -0.314. The highest BCUT2D eigenvalue weighted by molar-refractivity contribution is 5.74. The fourth-order valence-corrected chi connectivity index (χ4v) is 10.9. The lowest BCUT2D eigenvalue weighted by atomic mass is 9.72. The molecule has 1 unspecified atom stereocenters. The molecule has 0 radical (unpaired) electrons. The third kappa shape index (κ3) is 4.42. The molecule has 0 aliphatic heterocycles. The third-order valence-corrected chi connectivity index (χ3v) is 12.6. The predicted molar refractivity (Wildman–Crippen MR) is 202 cm³/mol. The summed E-state index contributed by atoms with van der Waals surface area (Å²) >= 11 is 0. The fourth-order valence-electron chi connectivity index (χ4n) is 10.9. The molecular formula is C42H52N4O4. The van der Waals surface area contributed by atoms with Crippen LogP contribution in [0.3, 0.4) is 0 Å². The molecule has 8 nitrogen and oxygen atoms in total. The van der Waals surface area contributed by atoms with Gasteiger partial charge in [-0.1, -0.05) is 61.5 Å². The number of rotatable bonds is 0. The number of hydrogen-bond donors (Lipinski definition) is 8. The standard InChI is InChI=1S/2C21H26N2O2/c1-19(2)9-21(13-7-17(24)15(22)5-11(13)19)10-20(3,4)12-6-16(23)18(25)8-14(12)21;1-19(2)9-21(17-11(19)5-6-15(24)18(17)23)10-20(3,4)12-7-14(22)16(25)8-13(12)21/h2*5-8,24-25H,9-10,22-23H2,1-4H3. The van der Waals surface area contributed by atoms with E-state index < -0.39 is 0 Å². The first-order chi connectivity index (χ1) is 23.0. The van der Waals surface area contributed by atoms with E-state index in [2.05, 4.69) is 55.4 Å². The zero-order valence-corrected chi connectivity index (χ0v) is 30.5. The number of nitrogens with two attached hydrogens (primary N) is 4. The van der Waals surface area contributed by atoms with Gasteiger partial charge in [0.05, 0.1) is 22.7 Å². The van der Waals surface area contributed by atoms with Crippen LogP contribution in [0.15, 0.2) is 48.5 Å². The average molecular weight is 677 g/mol. The van der Waals surface area contributed by atoms with Crippen molar-refractivity contribution in [2.75, 3.05) is 22.9 Å². The van der Waals surface area contributed by atoms with Gasteiger partial charge in [0.1, 0.15) is 23.0 Å². The molecule has 0 saturated heterocycles. The topological polar surface area (TPSA) is 185 Å². The summed E-state index contributed by atoms with van der Waals surface area (Å²) in [6.45, 7) is 17.7. The van der Waals surface area contributed by atoms with E-state index in [4.69, 9.17) is 22.9 Å². The normalized spacial score (nSPS) is 23.2. The molecule has 8 rings (SSSR count). The fraction of sp³-hybridized carbons (Fsp3) is 0.429. The third-order valence-electron chi connectivity index (χ3n) is 12.6. The second-order valence-electron chi connectivity index (χ2n) is 18.2. The lowest BCUT2D eigenvalue weighted by molar-refractivity contribution is 0.348. The summed E-state index contributed by atoms with van der Waals surface area (Å²) in [4.78, 5) is 0. The van der Waals surface area contributed by atoms with Gasteiger partial charge in [0, 0.05) is 10.8 Å². The quantitative estimate of drug-likeness (QED) is 0.0684. The van der Waals surface area contributed by atoms with Gasteiger partial charge in [0.15, 0.2) is 0 Å². The Balaban J connectivity index is 0.000000157. The maximum atomic E-state index is 10.3. The lowest BCUT2D eigenvalue weighted by Crippen LogP contribution is -2.27. The second kappa shape index (κ2) is 9.95. The molecule has 0 heterocycles. The number of hydrogen-bond acceptors (Lipinski definition) is 8. The molecule has 0 fully saturated rings. The van der Waals surface area contributed by atoms with Crippen molar-refractivity contribution in [3.8, 4) is 23.0 Å². The van der Waals surface area contributed by atoms with Crippen LogP contribution in [0.2, 0.25) is 0 Å². The van der Waals surface area contributed by atoms with Crippen molar-refractivity contribution in [2.24, 2.45) is 0 Å². The zero-order chi connectivity index (χ0) is 36.7. The first-order valence-electron chi connectivity index (χ1n) is 17.5. The van der Waals surface area contributed by atoms with Gasteiger partial charge in [0.25, 0.3) is 0 Å². The maximum absolute atomic E-state index is 10.3. The molecule has 1 atom stereocenters. The number of aromatic hydroxyl groups is 4. The van der Waals surface area contributed by atoms with Crippen LogP contribution in [0.25, 0.3) is 0 Å². The SMILES string of the molecule is CC1(C)CC2(CC(C)(C)c3cc(N)c(O)cc32)c2cc(O)c(N)cc21.CC1(C)CC2(CC(C)(C)c3ccc(O)c(N)c32)c2cc(O)c(N)cc21. The van der Waals surface area contributed by atoms with Crippen molar-refractivity contribution in [3.05, 3.63) is 93.0 Å². The van der Waals surface area contributed by atoms with Gasteiger partial charge in [-0.25, -0.2) is 0 Å². The van der Waals surface area contributed by atoms with Gasteiger partial charge in [0.2, 0.25) is 0 Å². The molecule has 12 N–H and O–H groups in total. The Kier molecular flexibility index (Phi) is 6.72. The first-order valence-corrected chi connectivity index (χ1v) is 17.5. The molecule has 50 heavy (non-hydrogen) atoms. The molecule has 0 amide bonds. The Morgan fingerprint density at radius 1 is 0.400 bits per heavy atom. The predicted octanol–water partition coefficient (Wildman–Crippen LogP) is 7.82. The van der Waals surface area contributed by atoms with Gasteiger partial charge >= 0.3 is 0 Å². The highest BCUT2D eigenvalue weighted by Gasteiger charge is 2.58. The van der Waals surface area contributed by atoms with Crippen LogP contribution in [-0.4, -0.2) is 20.4 Å². The van der Waals surface area contributed by atoms with Gasteiger partial charge in [-0.3, -0.25) is 0 Å². The van der Waals surface area contributed by atoms with Crippen LogP contribution in [-0.2, 0) is 32.5 Å². The minimum absolute atomic E-state index is 0.0636. The molecule has 8 heteroatoms. The van der Waals surface area contributed by atoms with Gasteiger partial charge in [-0.05, 0) is 134 Å². The van der Waals surface area contributed by atoms with Crippen LogP contribution in [0.5, 0.6) is 23.0 Å². The Bertz CT molecular complexity index is 2050. The summed E-state index contributed by atoms with van der Waals surface area (Å²) in [5.41, 5.74) is 34.3. The van der Waals surface area contributed by atoms with Crippen molar-refractivity contribution in [1.82, 2.24) is 0 Å². The van der Waals surface area contributed by atoms with E-state index in [-0.39, 0.29) is 55.5 Å². The molecule has 264 valence electrons. The average Bonchev–Trinajstić information content (AvgIpc) is 3.53. The second-order valence-corrected chi connectivity index (χ2v) is 18.2. The number of nitrogen functional groups attached to an aromatic ring is 4. The Hall–Kier alpha value is -4.72. The van der Waals surface area contributed by atoms with E-state index in [0.29, 0.717) is 22.7 Å². The number of phenols is 4. The van der Waals surface area contributed by atoms with E-state index in [0.717, 1.165) is 53.5 Å². The maximum Gasteiger partial charge on any atom is 0.138 e. The van der Waals surface area contributed by atoms with E-state index in [9.17, 15) is 20.4 Å². The monoisotopic (exact) mass is 676 g/mol. The molecule has 4 aliphatic carbocycles. The molecule has 4 aromatic carbocycles. The van der Waals surface area contributed by atoms with Crippen LogP contribution in [0.1, 0.15) is 126 Å². The van der Waals surface area contributed by atoms with E-state index in [1.165, 1.54) is 16.7 Å². The molecule has 4 aliphatic rings. The number of benzene rings is 4. The Morgan fingerprint density at radius 2 is 0.720 bits per heavy atom. The minimum Gasteiger partial charge on any atom is -0.506 e. The first kappa shape index (κ1) is 33.8. The molecule has 0 aromatic heterocycles. The highest BCUT2D eigenvalue weighted by Crippen LogP contribution is 2.66. The lowest BCUT2D eigenvalue weighted by Gasteiger charge is -2.31. The van der Waals surface area contributed by atoms with Crippen LogP contribution >= 0.6 is 0 Å². The van der Waals surface area contributed by atoms with Crippen molar-refractivity contribution < 1.29 is 20.4 Å². The molecular weight excluding hydrogens is 624 g/mol.